The zero-order valence-electron chi connectivity index (χ0n) is 13.4. The second kappa shape index (κ2) is 6.84. The van der Waals surface area contributed by atoms with Crippen molar-refractivity contribution >= 4 is 17.6 Å². The highest BCUT2D eigenvalue weighted by molar-refractivity contribution is 6.31. The van der Waals surface area contributed by atoms with Crippen LogP contribution in [-0.4, -0.2) is 38.3 Å². The number of hydrogen-bond donors (Lipinski definition) is 2. The van der Waals surface area contributed by atoms with Gasteiger partial charge in [0.2, 0.25) is 0 Å². The highest BCUT2D eigenvalue weighted by Crippen LogP contribution is 2.44. The molecular weight excluding hydrogens is 305 g/mol. The van der Waals surface area contributed by atoms with Crippen molar-refractivity contribution in [3.8, 4) is 0 Å². The first-order chi connectivity index (χ1) is 10.4. The number of nitrogens with one attached hydrogen (secondary N) is 2. The van der Waals surface area contributed by atoms with Crippen LogP contribution in [0.5, 0.6) is 0 Å². The van der Waals surface area contributed by atoms with E-state index in [0.717, 1.165) is 6.42 Å². The van der Waals surface area contributed by atoms with Gasteiger partial charge in [0.25, 0.3) is 0 Å². The lowest BCUT2D eigenvalue weighted by atomic mass is 10.1. The molecule has 2 rings (SSSR count). The van der Waals surface area contributed by atoms with Crippen LogP contribution in [0.4, 0.5) is 4.39 Å². The maximum Gasteiger partial charge on any atom is 0.191 e. The molecule has 1 aromatic carbocycles. The van der Waals surface area contributed by atoms with E-state index < -0.39 is 0 Å². The smallest absolute Gasteiger partial charge is 0.191 e. The Kier molecular flexibility index (Phi) is 5.29. The van der Waals surface area contributed by atoms with E-state index in [0.29, 0.717) is 23.1 Å². The lowest BCUT2D eigenvalue weighted by Crippen LogP contribution is -2.46. The number of hydrogen-bond acceptors (Lipinski definition) is 2. The molecule has 1 aliphatic carbocycles. The topological polar surface area (TPSA) is 45.7 Å². The summed E-state index contributed by atoms with van der Waals surface area (Å²) in [4.78, 5) is 4.19. The minimum Gasteiger partial charge on any atom is -0.377 e. The minimum absolute atomic E-state index is 0.0858. The van der Waals surface area contributed by atoms with Gasteiger partial charge >= 0.3 is 0 Å². The van der Waals surface area contributed by atoms with E-state index in [2.05, 4.69) is 15.6 Å². The Bertz CT molecular complexity index is 542. The average Bonchev–Trinajstić information content (AvgIpc) is 3.22. The summed E-state index contributed by atoms with van der Waals surface area (Å²) in [6, 6.07) is 4.94. The van der Waals surface area contributed by atoms with Crippen LogP contribution in [-0.2, 0) is 4.74 Å². The zero-order valence-corrected chi connectivity index (χ0v) is 14.2. The van der Waals surface area contributed by atoms with Gasteiger partial charge in [0.05, 0.1) is 5.60 Å². The molecule has 2 unspecified atom stereocenters. The maximum absolute atomic E-state index is 13.9. The van der Waals surface area contributed by atoms with E-state index in [4.69, 9.17) is 16.3 Å². The maximum atomic E-state index is 13.9. The lowest BCUT2D eigenvalue weighted by Gasteiger charge is -2.24. The molecule has 6 heteroatoms. The van der Waals surface area contributed by atoms with E-state index in [1.165, 1.54) is 6.07 Å². The zero-order chi connectivity index (χ0) is 16.3. The number of guanidine groups is 1. The van der Waals surface area contributed by atoms with Crippen LogP contribution in [0.25, 0.3) is 0 Å². The highest BCUT2D eigenvalue weighted by atomic mass is 35.5. The Balaban J connectivity index is 1.93. The Morgan fingerprint density at radius 1 is 1.50 bits per heavy atom. The van der Waals surface area contributed by atoms with E-state index in [1.807, 2.05) is 13.8 Å². The number of methoxy groups -OCH3 is 1. The van der Waals surface area contributed by atoms with Crippen molar-refractivity contribution < 1.29 is 9.13 Å². The summed E-state index contributed by atoms with van der Waals surface area (Å²) >= 11 is 6.11. The third kappa shape index (κ3) is 4.11. The molecule has 0 spiro atoms. The summed E-state index contributed by atoms with van der Waals surface area (Å²) in [5.74, 6) is 0.526. The Morgan fingerprint density at radius 2 is 2.23 bits per heavy atom. The van der Waals surface area contributed by atoms with Crippen molar-refractivity contribution in [1.29, 1.82) is 0 Å². The van der Waals surface area contributed by atoms with Crippen molar-refractivity contribution in [3.63, 3.8) is 0 Å². The van der Waals surface area contributed by atoms with Gasteiger partial charge in [-0.3, -0.25) is 4.99 Å². The normalized spacial score (nSPS) is 21.6. The van der Waals surface area contributed by atoms with Gasteiger partial charge in [-0.1, -0.05) is 17.7 Å². The number of benzene rings is 1. The summed E-state index contributed by atoms with van der Waals surface area (Å²) in [6.45, 7) is 4.61. The van der Waals surface area contributed by atoms with Gasteiger partial charge in [0.15, 0.2) is 5.96 Å². The Hall–Kier alpha value is -1.33. The summed E-state index contributed by atoms with van der Waals surface area (Å²) in [7, 11) is 3.39. The van der Waals surface area contributed by atoms with E-state index in [9.17, 15) is 4.39 Å². The molecular formula is C16H23ClFN3O. The van der Waals surface area contributed by atoms with Gasteiger partial charge < -0.3 is 15.4 Å². The van der Waals surface area contributed by atoms with Crippen LogP contribution in [0.15, 0.2) is 23.2 Å². The number of rotatable bonds is 5. The first-order valence-corrected chi connectivity index (χ1v) is 7.72. The lowest BCUT2D eigenvalue weighted by molar-refractivity contribution is 0.0268. The van der Waals surface area contributed by atoms with E-state index in [-0.39, 0.29) is 23.4 Å². The van der Waals surface area contributed by atoms with Crippen LogP contribution in [0, 0.1) is 5.82 Å². The third-order valence-electron chi connectivity index (χ3n) is 3.94. The third-order valence-corrected chi connectivity index (χ3v) is 4.27. The van der Waals surface area contributed by atoms with Crippen molar-refractivity contribution in [3.05, 3.63) is 34.6 Å². The standard InChI is InChI=1S/C16H23ClFN3O/c1-16(2,22-4)9-20-15(19-3)21-13-8-10(13)14-11(17)6-5-7-12(14)18/h5-7,10,13H,8-9H2,1-4H3,(H2,19,20,21). The predicted molar refractivity (Wildman–Crippen MR) is 88.1 cm³/mol. The second-order valence-electron chi connectivity index (χ2n) is 6.12. The molecule has 0 aliphatic heterocycles. The predicted octanol–water partition coefficient (Wildman–Crippen LogP) is 2.93. The fourth-order valence-corrected chi connectivity index (χ4v) is 2.58. The molecule has 1 saturated carbocycles. The van der Waals surface area contributed by atoms with Crippen molar-refractivity contribution in [1.82, 2.24) is 10.6 Å². The molecule has 0 amide bonds. The van der Waals surface area contributed by atoms with Crippen LogP contribution in [0.2, 0.25) is 5.02 Å². The summed E-state index contributed by atoms with van der Waals surface area (Å²) < 4.78 is 19.3. The van der Waals surface area contributed by atoms with Gasteiger partial charge in [-0.15, -0.1) is 0 Å². The second-order valence-corrected chi connectivity index (χ2v) is 6.53. The molecule has 22 heavy (non-hydrogen) atoms. The van der Waals surface area contributed by atoms with Crippen LogP contribution in [0.1, 0.15) is 31.7 Å². The molecule has 0 bridgehead atoms. The Labute approximate surface area is 136 Å². The van der Waals surface area contributed by atoms with Gasteiger partial charge in [0, 0.05) is 43.2 Å². The van der Waals surface area contributed by atoms with Gasteiger partial charge in [-0.25, -0.2) is 4.39 Å². The summed E-state index contributed by atoms with van der Waals surface area (Å²) in [6.07, 6.45) is 0.842. The molecule has 0 aromatic heterocycles. The molecule has 1 fully saturated rings. The molecule has 0 saturated heterocycles. The van der Waals surface area contributed by atoms with Crippen molar-refractivity contribution in [2.45, 2.75) is 37.8 Å². The minimum atomic E-state index is -0.282. The quantitative estimate of drug-likeness (QED) is 0.645. The van der Waals surface area contributed by atoms with Gasteiger partial charge in [0.1, 0.15) is 5.82 Å². The van der Waals surface area contributed by atoms with Crippen LogP contribution >= 0.6 is 11.6 Å². The van der Waals surface area contributed by atoms with Crippen LogP contribution in [0.3, 0.4) is 0 Å². The first-order valence-electron chi connectivity index (χ1n) is 7.34. The monoisotopic (exact) mass is 327 g/mol. The molecule has 2 N–H and O–H groups in total. The fourth-order valence-electron chi connectivity index (χ4n) is 2.28. The molecule has 1 aliphatic rings. The van der Waals surface area contributed by atoms with E-state index >= 15 is 0 Å². The summed E-state index contributed by atoms with van der Waals surface area (Å²) in [5.41, 5.74) is 0.310. The number of halogens is 2. The van der Waals surface area contributed by atoms with Crippen molar-refractivity contribution in [2.75, 3.05) is 20.7 Å². The SMILES string of the molecule is CN=C(NCC(C)(C)OC)NC1CC1c1c(F)cccc1Cl. The molecule has 2 atom stereocenters. The summed E-state index contributed by atoms with van der Waals surface area (Å²) in [5, 5.41) is 7.00. The van der Waals surface area contributed by atoms with Crippen molar-refractivity contribution in [2.24, 2.45) is 4.99 Å². The number of nitrogens with zero attached hydrogens (tertiary/aromatic N) is 1. The van der Waals surface area contributed by atoms with Gasteiger partial charge in [-0.05, 0) is 32.4 Å². The average molecular weight is 328 g/mol. The van der Waals surface area contributed by atoms with Gasteiger partial charge in [-0.2, -0.15) is 0 Å². The highest BCUT2D eigenvalue weighted by Gasteiger charge is 2.42. The molecule has 4 nitrogen and oxygen atoms in total. The molecule has 1 aromatic rings. The molecule has 0 radical (unpaired) electrons. The van der Waals surface area contributed by atoms with Crippen LogP contribution < -0.4 is 10.6 Å². The number of aliphatic imine (C=N–C) groups is 1. The van der Waals surface area contributed by atoms with E-state index in [1.54, 1.807) is 26.3 Å². The first kappa shape index (κ1) is 17.0. The Morgan fingerprint density at radius 3 is 2.82 bits per heavy atom. The molecule has 122 valence electrons. The molecule has 0 heterocycles. The largest absolute Gasteiger partial charge is 0.377 e. The fraction of sp³-hybridized carbons (Fsp3) is 0.562. The number of ether oxygens (including phenoxy) is 1.